The SMILES string of the molecule is CCC(C)(C)N(C)c1ccc(CO)c(C(F)(F)F)c1. The number of anilines is 1. The van der Waals surface area contributed by atoms with Gasteiger partial charge in [0.05, 0.1) is 12.2 Å². The molecule has 1 N–H and O–H groups in total. The van der Waals surface area contributed by atoms with Crippen molar-refractivity contribution in [3.63, 3.8) is 0 Å². The van der Waals surface area contributed by atoms with E-state index in [-0.39, 0.29) is 11.1 Å². The molecule has 0 saturated carbocycles. The van der Waals surface area contributed by atoms with Gasteiger partial charge in [-0.2, -0.15) is 13.2 Å². The Morgan fingerprint density at radius 2 is 1.79 bits per heavy atom. The molecule has 0 spiro atoms. The topological polar surface area (TPSA) is 23.5 Å². The summed E-state index contributed by atoms with van der Waals surface area (Å²) in [5, 5.41) is 9.00. The molecule has 0 unspecified atom stereocenters. The Balaban J connectivity index is 3.26. The summed E-state index contributed by atoms with van der Waals surface area (Å²) in [7, 11) is 1.78. The maximum absolute atomic E-state index is 12.9. The Kier molecular flexibility index (Phi) is 4.50. The minimum atomic E-state index is -4.45. The van der Waals surface area contributed by atoms with Crippen LogP contribution in [0, 0.1) is 0 Å². The van der Waals surface area contributed by atoms with Crippen LogP contribution in [-0.2, 0) is 12.8 Å². The molecule has 0 radical (unpaired) electrons. The van der Waals surface area contributed by atoms with Gasteiger partial charge in [0.25, 0.3) is 0 Å². The maximum atomic E-state index is 12.9. The van der Waals surface area contributed by atoms with Crippen molar-refractivity contribution >= 4 is 5.69 Å². The van der Waals surface area contributed by atoms with Crippen molar-refractivity contribution in [2.24, 2.45) is 0 Å². The first-order valence-electron chi connectivity index (χ1n) is 6.18. The van der Waals surface area contributed by atoms with Crippen LogP contribution in [0.3, 0.4) is 0 Å². The molecule has 2 nitrogen and oxygen atoms in total. The van der Waals surface area contributed by atoms with Gasteiger partial charge in [0.2, 0.25) is 0 Å². The van der Waals surface area contributed by atoms with Crippen molar-refractivity contribution < 1.29 is 18.3 Å². The van der Waals surface area contributed by atoms with Crippen LogP contribution < -0.4 is 4.90 Å². The van der Waals surface area contributed by atoms with Gasteiger partial charge in [-0.25, -0.2) is 0 Å². The van der Waals surface area contributed by atoms with E-state index in [4.69, 9.17) is 5.11 Å². The van der Waals surface area contributed by atoms with E-state index in [0.29, 0.717) is 5.69 Å². The molecule has 0 fully saturated rings. The van der Waals surface area contributed by atoms with Crippen LogP contribution in [-0.4, -0.2) is 17.7 Å². The molecular weight excluding hydrogens is 255 g/mol. The number of halogens is 3. The number of hydrogen-bond acceptors (Lipinski definition) is 2. The van der Waals surface area contributed by atoms with Gasteiger partial charge in [-0.05, 0) is 38.0 Å². The molecule has 108 valence electrons. The van der Waals surface area contributed by atoms with E-state index in [0.717, 1.165) is 12.5 Å². The van der Waals surface area contributed by atoms with E-state index in [9.17, 15) is 13.2 Å². The predicted molar refractivity (Wildman–Crippen MR) is 70.1 cm³/mol. The lowest BCUT2D eigenvalue weighted by Gasteiger charge is -2.37. The first-order valence-corrected chi connectivity index (χ1v) is 6.18. The smallest absolute Gasteiger partial charge is 0.392 e. The summed E-state index contributed by atoms with van der Waals surface area (Å²) in [4.78, 5) is 1.82. The molecule has 19 heavy (non-hydrogen) atoms. The third-order valence-electron chi connectivity index (χ3n) is 3.73. The second kappa shape index (κ2) is 5.41. The fourth-order valence-corrected chi connectivity index (χ4v) is 1.76. The van der Waals surface area contributed by atoms with Gasteiger partial charge in [-0.1, -0.05) is 13.0 Å². The largest absolute Gasteiger partial charge is 0.416 e. The van der Waals surface area contributed by atoms with E-state index in [1.165, 1.54) is 6.07 Å². The number of nitrogens with zero attached hydrogens (tertiary/aromatic N) is 1. The lowest BCUT2D eigenvalue weighted by Crippen LogP contribution is -2.40. The average Bonchev–Trinajstić information content (AvgIpc) is 2.36. The Hall–Kier alpha value is -1.23. The number of rotatable bonds is 4. The lowest BCUT2D eigenvalue weighted by molar-refractivity contribution is -0.138. The molecule has 0 aliphatic heterocycles. The highest BCUT2D eigenvalue weighted by Gasteiger charge is 2.34. The van der Waals surface area contributed by atoms with Gasteiger partial charge in [0, 0.05) is 18.3 Å². The van der Waals surface area contributed by atoms with Crippen molar-refractivity contribution in [3.05, 3.63) is 29.3 Å². The van der Waals surface area contributed by atoms with E-state index in [1.54, 1.807) is 13.1 Å². The van der Waals surface area contributed by atoms with Crippen LogP contribution in [0.15, 0.2) is 18.2 Å². The fraction of sp³-hybridized carbons (Fsp3) is 0.571. The Morgan fingerprint density at radius 1 is 1.21 bits per heavy atom. The molecular formula is C14H20F3NO. The maximum Gasteiger partial charge on any atom is 0.416 e. The number of aliphatic hydroxyl groups excluding tert-OH is 1. The summed E-state index contributed by atoms with van der Waals surface area (Å²) in [6.07, 6.45) is -3.64. The summed E-state index contributed by atoms with van der Waals surface area (Å²) in [6, 6.07) is 4.04. The van der Waals surface area contributed by atoms with Crippen molar-refractivity contribution in [3.8, 4) is 0 Å². The molecule has 0 aromatic heterocycles. The molecule has 0 aliphatic rings. The van der Waals surface area contributed by atoms with Crippen LogP contribution >= 0.6 is 0 Å². The third-order valence-corrected chi connectivity index (χ3v) is 3.73. The summed E-state index contributed by atoms with van der Waals surface area (Å²) in [6.45, 7) is 5.32. The van der Waals surface area contributed by atoms with Crippen LogP contribution in [0.2, 0.25) is 0 Å². The van der Waals surface area contributed by atoms with Crippen LogP contribution in [0.1, 0.15) is 38.3 Å². The van der Waals surface area contributed by atoms with E-state index >= 15 is 0 Å². The van der Waals surface area contributed by atoms with Crippen molar-refractivity contribution in [1.29, 1.82) is 0 Å². The number of alkyl halides is 3. The number of aliphatic hydroxyl groups is 1. The zero-order valence-corrected chi connectivity index (χ0v) is 11.7. The minimum absolute atomic E-state index is 0.0982. The van der Waals surface area contributed by atoms with Gasteiger partial charge >= 0.3 is 6.18 Å². The molecule has 0 heterocycles. The van der Waals surface area contributed by atoms with Crippen LogP contribution in [0.4, 0.5) is 18.9 Å². The highest BCUT2D eigenvalue weighted by Crippen LogP contribution is 2.36. The second-order valence-electron chi connectivity index (χ2n) is 5.22. The van der Waals surface area contributed by atoms with Crippen molar-refractivity contribution in [1.82, 2.24) is 0 Å². The highest BCUT2D eigenvalue weighted by atomic mass is 19.4. The molecule has 1 rings (SSSR count). The van der Waals surface area contributed by atoms with Gasteiger partial charge in [-0.15, -0.1) is 0 Å². The zero-order chi connectivity index (χ0) is 14.8. The van der Waals surface area contributed by atoms with Gasteiger partial charge < -0.3 is 10.0 Å². The number of benzene rings is 1. The van der Waals surface area contributed by atoms with E-state index < -0.39 is 18.3 Å². The summed E-state index contributed by atoms with van der Waals surface area (Å²) < 4.78 is 38.8. The molecule has 0 bridgehead atoms. The van der Waals surface area contributed by atoms with Gasteiger partial charge in [0.15, 0.2) is 0 Å². The number of hydrogen-bond donors (Lipinski definition) is 1. The summed E-state index contributed by atoms with van der Waals surface area (Å²) in [5.74, 6) is 0. The molecule has 0 atom stereocenters. The highest BCUT2D eigenvalue weighted by molar-refractivity contribution is 5.53. The molecule has 0 aliphatic carbocycles. The summed E-state index contributed by atoms with van der Waals surface area (Å²) in [5.41, 5.74) is -0.606. The van der Waals surface area contributed by atoms with E-state index in [1.807, 2.05) is 25.7 Å². The minimum Gasteiger partial charge on any atom is -0.392 e. The van der Waals surface area contributed by atoms with Gasteiger partial charge in [0.1, 0.15) is 0 Å². The second-order valence-corrected chi connectivity index (χ2v) is 5.22. The standard InChI is InChI=1S/C14H20F3NO/c1-5-13(2,3)18(4)11-7-6-10(9-19)12(8-11)14(15,16)17/h6-8,19H,5,9H2,1-4H3. The first kappa shape index (κ1) is 15.8. The first-order chi connectivity index (χ1) is 8.63. The van der Waals surface area contributed by atoms with Crippen molar-refractivity contribution in [2.45, 2.75) is 45.5 Å². The Bertz CT molecular complexity index is 441. The van der Waals surface area contributed by atoms with Crippen molar-refractivity contribution in [2.75, 3.05) is 11.9 Å². The summed E-state index contributed by atoms with van der Waals surface area (Å²) >= 11 is 0. The van der Waals surface area contributed by atoms with E-state index in [2.05, 4.69) is 0 Å². The molecule has 5 heteroatoms. The Morgan fingerprint density at radius 3 is 2.21 bits per heavy atom. The predicted octanol–water partition coefficient (Wildman–Crippen LogP) is 3.82. The lowest BCUT2D eigenvalue weighted by atomic mass is 9.98. The Labute approximate surface area is 111 Å². The molecule has 1 aromatic carbocycles. The molecule has 1 aromatic rings. The average molecular weight is 275 g/mol. The normalized spacial score (nSPS) is 12.6. The van der Waals surface area contributed by atoms with Gasteiger partial charge in [-0.3, -0.25) is 0 Å². The van der Waals surface area contributed by atoms with Crippen LogP contribution in [0.25, 0.3) is 0 Å². The molecule has 0 amide bonds. The fourth-order valence-electron chi connectivity index (χ4n) is 1.76. The third kappa shape index (κ3) is 3.41. The quantitative estimate of drug-likeness (QED) is 0.903. The zero-order valence-electron chi connectivity index (χ0n) is 11.7. The van der Waals surface area contributed by atoms with Crippen LogP contribution in [0.5, 0.6) is 0 Å². The molecule has 0 saturated heterocycles. The monoisotopic (exact) mass is 275 g/mol.